The summed E-state index contributed by atoms with van der Waals surface area (Å²) in [6, 6.07) is 2.89. The molecule has 0 radical (unpaired) electrons. The SMILES string of the molecule is O=[N+]([O-])c1ccc(-c2nc(Cl)c(Cl)c(Cl)n2)s1. The van der Waals surface area contributed by atoms with Gasteiger partial charge in [-0.2, -0.15) is 0 Å². The van der Waals surface area contributed by atoms with Gasteiger partial charge in [-0.1, -0.05) is 46.1 Å². The zero-order valence-corrected chi connectivity index (χ0v) is 10.9. The largest absolute Gasteiger partial charge is 0.324 e. The average Bonchev–Trinajstić information content (AvgIpc) is 2.74. The van der Waals surface area contributed by atoms with Gasteiger partial charge in [0.15, 0.2) is 16.1 Å². The highest BCUT2D eigenvalue weighted by atomic mass is 35.5. The maximum Gasteiger partial charge on any atom is 0.324 e. The fourth-order valence-corrected chi connectivity index (χ4v) is 2.28. The molecular weight excluding hydrogens is 309 g/mol. The number of rotatable bonds is 2. The fraction of sp³-hybridized carbons (Fsp3) is 0. The summed E-state index contributed by atoms with van der Waals surface area (Å²) < 4.78 is 0. The molecule has 2 heterocycles. The van der Waals surface area contributed by atoms with Gasteiger partial charge in [0.25, 0.3) is 0 Å². The van der Waals surface area contributed by atoms with Crippen molar-refractivity contribution in [2.75, 3.05) is 0 Å². The van der Waals surface area contributed by atoms with Crippen LogP contribution in [0.3, 0.4) is 0 Å². The fourth-order valence-electron chi connectivity index (χ4n) is 1.05. The van der Waals surface area contributed by atoms with Crippen molar-refractivity contribution in [3.8, 4) is 10.7 Å². The van der Waals surface area contributed by atoms with Crippen LogP contribution in [0.4, 0.5) is 5.00 Å². The Labute approximate surface area is 114 Å². The first kappa shape index (κ1) is 12.5. The predicted molar refractivity (Wildman–Crippen MR) is 67.0 cm³/mol. The number of hydrogen-bond donors (Lipinski definition) is 0. The number of thiophene rings is 1. The molecule has 17 heavy (non-hydrogen) atoms. The number of hydrogen-bond acceptors (Lipinski definition) is 5. The van der Waals surface area contributed by atoms with Gasteiger partial charge in [-0.25, -0.2) is 9.97 Å². The summed E-state index contributed by atoms with van der Waals surface area (Å²) in [7, 11) is 0. The molecule has 0 aromatic carbocycles. The smallest absolute Gasteiger partial charge is 0.258 e. The van der Waals surface area contributed by atoms with Gasteiger partial charge >= 0.3 is 5.00 Å². The van der Waals surface area contributed by atoms with Crippen LogP contribution in [-0.2, 0) is 0 Å². The van der Waals surface area contributed by atoms with Crippen molar-refractivity contribution in [1.29, 1.82) is 0 Å². The molecule has 0 aliphatic carbocycles. The van der Waals surface area contributed by atoms with Crippen LogP contribution < -0.4 is 0 Å². The summed E-state index contributed by atoms with van der Waals surface area (Å²) in [6.45, 7) is 0. The molecule has 2 rings (SSSR count). The molecule has 0 aliphatic heterocycles. The molecule has 2 aromatic rings. The summed E-state index contributed by atoms with van der Waals surface area (Å²) >= 11 is 18.1. The molecule has 88 valence electrons. The van der Waals surface area contributed by atoms with Crippen molar-refractivity contribution in [2.45, 2.75) is 0 Å². The van der Waals surface area contributed by atoms with Gasteiger partial charge in [0, 0.05) is 6.07 Å². The summed E-state index contributed by atoms with van der Waals surface area (Å²) in [5, 5.41) is 10.6. The number of nitrogens with zero attached hydrogens (tertiary/aromatic N) is 3. The molecule has 0 saturated heterocycles. The van der Waals surface area contributed by atoms with Crippen LogP contribution in [0.1, 0.15) is 0 Å². The first-order chi connectivity index (χ1) is 7.99. The second kappa shape index (κ2) is 4.73. The Hall–Kier alpha value is -0.950. The van der Waals surface area contributed by atoms with Crippen LogP contribution in [0.25, 0.3) is 10.7 Å². The lowest BCUT2D eigenvalue weighted by molar-refractivity contribution is -0.380. The van der Waals surface area contributed by atoms with E-state index in [1.807, 2.05) is 0 Å². The normalized spacial score (nSPS) is 10.5. The van der Waals surface area contributed by atoms with Crippen LogP contribution >= 0.6 is 46.1 Å². The van der Waals surface area contributed by atoms with Crippen LogP contribution in [0.15, 0.2) is 12.1 Å². The van der Waals surface area contributed by atoms with Gasteiger partial charge in [-0.05, 0) is 6.07 Å². The van der Waals surface area contributed by atoms with Crippen molar-refractivity contribution in [3.63, 3.8) is 0 Å². The molecule has 0 saturated carbocycles. The van der Waals surface area contributed by atoms with E-state index < -0.39 is 4.92 Å². The van der Waals surface area contributed by atoms with Crippen molar-refractivity contribution < 1.29 is 4.92 Å². The van der Waals surface area contributed by atoms with Crippen molar-refractivity contribution >= 4 is 51.1 Å². The Balaban J connectivity index is 2.49. The van der Waals surface area contributed by atoms with E-state index >= 15 is 0 Å². The summed E-state index contributed by atoms with van der Waals surface area (Å²) in [4.78, 5) is 18.3. The van der Waals surface area contributed by atoms with E-state index in [0.717, 1.165) is 11.3 Å². The topological polar surface area (TPSA) is 68.9 Å². The zero-order chi connectivity index (χ0) is 12.6. The van der Waals surface area contributed by atoms with Crippen LogP contribution in [0.2, 0.25) is 15.3 Å². The lowest BCUT2D eigenvalue weighted by Crippen LogP contribution is -1.89. The standard InChI is InChI=1S/C8H2Cl3N3O2S/c9-5-6(10)12-8(13-7(5)11)3-1-2-4(17-3)14(15)16/h1-2H. The highest BCUT2D eigenvalue weighted by molar-refractivity contribution is 7.18. The number of nitro groups is 1. The van der Waals surface area contributed by atoms with Crippen LogP contribution in [0.5, 0.6) is 0 Å². The maximum absolute atomic E-state index is 10.5. The minimum Gasteiger partial charge on any atom is -0.258 e. The molecule has 0 atom stereocenters. The van der Waals surface area contributed by atoms with Gasteiger partial charge in [0.2, 0.25) is 0 Å². The summed E-state index contributed by atoms with van der Waals surface area (Å²) in [6.07, 6.45) is 0. The highest BCUT2D eigenvalue weighted by Gasteiger charge is 2.16. The minimum atomic E-state index is -0.493. The summed E-state index contributed by atoms with van der Waals surface area (Å²) in [5.74, 6) is 0.211. The molecule has 2 aromatic heterocycles. The Morgan fingerprint density at radius 1 is 1.18 bits per heavy atom. The molecule has 0 N–H and O–H groups in total. The Morgan fingerprint density at radius 3 is 2.24 bits per heavy atom. The van der Waals surface area contributed by atoms with Gasteiger partial charge in [-0.3, -0.25) is 10.1 Å². The van der Waals surface area contributed by atoms with Crippen molar-refractivity contribution in [1.82, 2.24) is 9.97 Å². The van der Waals surface area contributed by atoms with Gasteiger partial charge in [0.05, 0.1) is 9.80 Å². The Morgan fingerprint density at radius 2 is 1.76 bits per heavy atom. The molecule has 0 fully saturated rings. The molecule has 9 heteroatoms. The van der Waals surface area contributed by atoms with Crippen LogP contribution in [0, 0.1) is 10.1 Å². The van der Waals surface area contributed by atoms with Gasteiger partial charge in [-0.15, -0.1) is 0 Å². The molecule has 0 amide bonds. The van der Waals surface area contributed by atoms with E-state index in [4.69, 9.17) is 34.8 Å². The third kappa shape index (κ3) is 2.50. The lowest BCUT2D eigenvalue weighted by Gasteiger charge is -2.00. The van der Waals surface area contributed by atoms with E-state index in [0.29, 0.717) is 4.88 Å². The average molecular weight is 311 g/mol. The zero-order valence-electron chi connectivity index (χ0n) is 7.85. The van der Waals surface area contributed by atoms with Gasteiger partial charge < -0.3 is 0 Å². The third-order valence-corrected chi connectivity index (χ3v) is 3.89. The maximum atomic E-state index is 10.5. The van der Waals surface area contributed by atoms with Crippen molar-refractivity contribution in [2.24, 2.45) is 0 Å². The Kier molecular flexibility index (Phi) is 3.48. The van der Waals surface area contributed by atoms with E-state index in [1.54, 1.807) is 0 Å². The molecule has 0 spiro atoms. The second-order valence-electron chi connectivity index (χ2n) is 2.84. The van der Waals surface area contributed by atoms with E-state index in [-0.39, 0.29) is 26.2 Å². The lowest BCUT2D eigenvalue weighted by atomic mass is 10.4. The van der Waals surface area contributed by atoms with Gasteiger partial charge in [0.1, 0.15) is 5.02 Å². The third-order valence-electron chi connectivity index (χ3n) is 1.76. The Bertz CT molecular complexity index is 578. The van der Waals surface area contributed by atoms with E-state index in [9.17, 15) is 10.1 Å². The minimum absolute atomic E-state index is 0.00852. The second-order valence-corrected chi connectivity index (χ2v) is 4.99. The number of halogens is 3. The monoisotopic (exact) mass is 309 g/mol. The number of aromatic nitrogens is 2. The molecule has 5 nitrogen and oxygen atoms in total. The van der Waals surface area contributed by atoms with Crippen molar-refractivity contribution in [3.05, 3.63) is 37.6 Å². The van der Waals surface area contributed by atoms with Crippen LogP contribution in [-0.4, -0.2) is 14.9 Å². The predicted octanol–water partition coefficient (Wildman–Crippen LogP) is 4.07. The molecular formula is C8H2Cl3N3O2S. The first-order valence-electron chi connectivity index (χ1n) is 4.12. The first-order valence-corrected chi connectivity index (χ1v) is 6.07. The molecule has 0 unspecified atom stereocenters. The van der Waals surface area contributed by atoms with E-state index in [1.165, 1.54) is 12.1 Å². The molecule has 0 aliphatic rings. The van der Waals surface area contributed by atoms with E-state index in [2.05, 4.69) is 9.97 Å². The summed E-state index contributed by atoms with van der Waals surface area (Å²) in [5.41, 5.74) is 0. The quantitative estimate of drug-likeness (QED) is 0.476. The highest BCUT2D eigenvalue weighted by Crippen LogP contribution is 2.34. The molecule has 0 bridgehead atoms.